The van der Waals surface area contributed by atoms with Crippen molar-refractivity contribution in [1.82, 2.24) is 10.2 Å². The van der Waals surface area contributed by atoms with Gasteiger partial charge in [-0.3, -0.25) is 9.69 Å². The highest BCUT2D eigenvalue weighted by Gasteiger charge is 2.19. The van der Waals surface area contributed by atoms with Crippen LogP contribution in [0.3, 0.4) is 0 Å². The largest absolute Gasteiger partial charge is 0.393 e. The van der Waals surface area contributed by atoms with Gasteiger partial charge < -0.3 is 11.1 Å². The van der Waals surface area contributed by atoms with E-state index in [1.54, 1.807) is 7.05 Å². The van der Waals surface area contributed by atoms with Crippen LogP contribution in [0.5, 0.6) is 0 Å². The van der Waals surface area contributed by atoms with Crippen LogP contribution < -0.4 is 11.1 Å². The third-order valence-electron chi connectivity index (χ3n) is 3.08. The van der Waals surface area contributed by atoms with Crippen molar-refractivity contribution in [3.63, 3.8) is 0 Å². The van der Waals surface area contributed by atoms with Gasteiger partial charge in [-0.15, -0.1) is 0 Å². The van der Waals surface area contributed by atoms with E-state index in [2.05, 4.69) is 5.32 Å². The first-order chi connectivity index (χ1) is 9.08. The molecule has 1 aromatic carbocycles. The van der Waals surface area contributed by atoms with Crippen LogP contribution in [0.1, 0.15) is 18.4 Å². The molecule has 0 heterocycles. The van der Waals surface area contributed by atoms with Crippen LogP contribution in [0.2, 0.25) is 0 Å². The molecule has 0 aliphatic heterocycles. The maximum absolute atomic E-state index is 11.5. The molecule has 0 radical (unpaired) electrons. The molecule has 0 fully saturated rings. The summed E-state index contributed by atoms with van der Waals surface area (Å²) in [6.07, 6.45) is 0. The number of likely N-dealkylation sites (N-methyl/N-ethyl adjacent to an activating group) is 2. The Kier molecular flexibility index (Phi) is 6.45. The zero-order valence-electron chi connectivity index (χ0n) is 11.4. The van der Waals surface area contributed by atoms with E-state index in [4.69, 9.17) is 18.0 Å². The molecule has 0 spiro atoms. The van der Waals surface area contributed by atoms with E-state index in [9.17, 15) is 4.79 Å². The number of carbonyl (C=O) groups is 1. The molecule has 1 rings (SSSR count). The molecule has 4 nitrogen and oxygen atoms in total. The molecular weight excluding hydrogens is 258 g/mol. The van der Waals surface area contributed by atoms with E-state index in [-0.39, 0.29) is 11.8 Å². The second-order valence-electron chi connectivity index (χ2n) is 4.37. The van der Waals surface area contributed by atoms with Crippen LogP contribution >= 0.6 is 12.2 Å². The van der Waals surface area contributed by atoms with Crippen molar-refractivity contribution in [3.8, 4) is 0 Å². The van der Waals surface area contributed by atoms with E-state index in [1.165, 1.54) is 0 Å². The van der Waals surface area contributed by atoms with E-state index < -0.39 is 0 Å². The van der Waals surface area contributed by atoms with Gasteiger partial charge in [0.25, 0.3) is 0 Å². The topological polar surface area (TPSA) is 58.4 Å². The summed E-state index contributed by atoms with van der Waals surface area (Å²) in [6, 6.07) is 9.92. The molecule has 1 amide bonds. The SMILES string of the molecule is CCN(CC(=O)NC)CC(C(N)=S)c1ccccc1. The quantitative estimate of drug-likeness (QED) is 0.735. The van der Waals surface area contributed by atoms with Crippen LogP contribution in [-0.2, 0) is 4.79 Å². The lowest BCUT2D eigenvalue weighted by molar-refractivity contribution is -0.121. The lowest BCUT2D eigenvalue weighted by Crippen LogP contribution is -2.40. The van der Waals surface area contributed by atoms with E-state index in [0.29, 0.717) is 18.1 Å². The normalized spacial score (nSPS) is 12.2. The van der Waals surface area contributed by atoms with E-state index >= 15 is 0 Å². The van der Waals surface area contributed by atoms with Gasteiger partial charge in [-0.25, -0.2) is 0 Å². The van der Waals surface area contributed by atoms with Crippen LogP contribution in [0, 0.1) is 0 Å². The summed E-state index contributed by atoms with van der Waals surface area (Å²) in [5.74, 6) is -0.0302. The third-order valence-corrected chi connectivity index (χ3v) is 3.36. The average molecular weight is 279 g/mol. The molecule has 0 saturated carbocycles. The first-order valence-electron chi connectivity index (χ1n) is 6.35. The molecule has 1 atom stereocenters. The summed E-state index contributed by atoms with van der Waals surface area (Å²) in [4.78, 5) is 13.9. The van der Waals surface area contributed by atoms with Gasteiger partial charge in [-0.05, 0) is 12.1 Å². The van der Waals surface area contributed by atoms with Gasteiger partial charge in [0.05, 0.1) is 11.5 Å². The lowest BCUT2D eigenvalue weighted by atomic mass is 9.98. The predicted octanol–water partition coefficient (Wildman–Crippen LogP) is 1.12. The monoisotopic (exact) mass is 279 g/mol. The van der Waals surface area contributed by atoms with Crippen LogP contribution in [0.25, 0.3) is 0 Å². The Hall–Kier alpha value is -1.46. The number of nitrogens with one attached hydrogen (secondary N) is 1. The number of nitrogens with zero attached hydrogens (tertiary/aromatic N) is 1. The highest BCUT2D eigenvalue weighted by molar-refractivity contribution is 7.80. The molecule has 3 N–H and O–H groups in total. The fourth-order valence-electron chi connectivity index (χ4n) is 1.89. The van der Waals surface area contributed by atoms with Gasteiger partial charge in [0.1, 0.15) is 0 Å². The second-order valence-corrected chi connectivity index (χ2v) is 4.84. The summed E-state index contributed by atoms with van der Waals surface area (Å²) in [5, 5.41) is 2.63. The lowest BCUT2D eigenvalue weighted by Gasteiger charge is -2.25. The molecule has 0 aliphatic carbocycles. The minimum absolute atomic E-state index is 0.00315. The van der Waals surface area contributed by atoms with Crippen molar-refractivity contribution >= 4 is 23.1 Å². The zero-order chi connectivity index (χ0) is 14.3. The Labute approximate surface area is 120 Å². The number of rotatable bonds is 7. The first kappa shape index (κ1) is 15.6. The van der Waals surface area contributed by atoms with Crippen molar-refractivity contribution in [3.05, 3.63) is 35.9 Å². The molecule has 1 unspecified atom stereocenters. The highest BCUT2D eigenvalue weighted by Crippen LogP contribution is 2.17. The van der Waals surface area contributed by atoms with Gasteiger partial charge in [-0.2, -0.15) is 0 Å². The maximum atomic E-state index is 11.5. The first-order valence-corrected chi connectivity index (χ1v) is 6.76. The molecule has 1 aromatic rings. The zero-order valence-corrected chi connectivity index (χ0v) is 12.2. The molecule has 0 aliphatic rings. The number of benzene rings is 1. The fraction of sp³-hybridized carbons (Fsp3) is 0.429. The van der Waals surface area contributed by atoms with Crippen molar-refractivity contribution in [1.29, 1.82) is 0 Å². The number of hydrogen-bond donors (Lipinski definition) is 2. The van der Waals surface area contributed by atoms with Gasteiger partial charge in [-0.1, -0.05) is 49.5 Å². The van der Waals surface area contributed by atoms with E-state index in [0.717, 1.165) is 12.1 Å². The average Bonchev–Trinajstić information content (AvgIpc) is 2.43. The van der Waals surface area contributed by atoms with Gasteiger partial charge in [0.2, 0.25) is 5.91 Å². The summed E-state index contributed by atoms with van der Waals surface area (Å²) in [7, 11) is 1.64. The summed E-state index contributed by atoms with van der Waals surface area (Å²) >= 11 is 5.16. The maximum Gasteiger partial charge on any atom is 0.233 e. The second kappa shape index (κ2) is 7.86. The highest BCUT2D eigenvalue weighted by atomic mass is 32.1. The van der Waals surface area contributed by atoms with Gasteiger partial charge in [0, 0.05) is 19.5 Å². The number of thiocarbonyl (C=S) groups is 1. The summed E-state index contributed by atoms with van der Waals surface area (Å²) in [6.45, 7) is 3.81. The molecule has 0 bridgehead atoms. The Morgan fingerprint density at radius 3 is 2.53 bits per heavy atom. The Bertz CT molecular complexity index is 422. The van der Waals surface area contributed by atoms with Crippen molar-refractivity contribution < 1.29 is 4.79 Å². The molecule has 5 heteroatoms. The number of nitrogens with two attached hydrogens (primary N) is 1. The number of hydrogen-bond acceptors (Lipinski definition) is 3. The predicted molar refractivity (Wildman–Crippen MR) is 82.1 cm³/mol. The Morgan fingerprint density at radius 2 is 2.05 bits per heavy atom. The van der Waals surface area contributed by atoms with E-state index in [1.807, 2.05) is 42.2 Å². The molecule has 104 valence electrons. The molecule has 19 heavy (non-hydrogen) atoms. The molecule has 0 saturated heterocycles. The minimum Gasteiger partial charge on any atom is -0.393 e. The Morgan fingerprint density at radius 1 is 1.42 bits per heavy atom. The summed E-state index contributed by atoms with van der Waals surface area (Å²) in [5.41, 5.74) is 6.93. The van der Waals surface area contributed by atoms with Gasteiger partial charge >= 0.3 is 0 Å². The van der Waals surface area contributed by atoms with Crippen LogP contribution in [0.4, 0.5) is 0 Å². The molecular formula is C14H21N3OS. The van der Waals surface area contributed by atoms with Crippen molar-refractivity contribution in [2.24, 2.45) is 5.73 Å². The number of amides is 1. The van der Waals surface area contributed by atoms with Crippen molar-refractivity contribution in [2.75, 3.05) is 26.7 Å². The fourth-order valence-corrected chi connectivity index (χ4v) is 2.10. The standard InChI is InChI=1S/C14H21N3OS/c1-3-17(10-13(18)16-2)9-12(14(15)19)11-7-5-4-6-8-11/h4-8,12H,3,9-10H2,1-2H3,(H2,15,19)(H,16,18). The smallest absolute Gasteiger partial charge is 0.233 e. The minimum atomic E-state index is -0.0270. The number of carbonyl (C=O) groups excluding carboxylic acids is 1. The molecule has 0 aromatic heterocycles. The summed E-state index contributed by atoms with van der Waals surface area (Å²) < 4.78 is 0. The van der Waals surface area contributed by atoms with Crippen LogP contribution in [0.15, 0.2) is 30.3 Å². The Balaban J connectivity index is 2.78. The van der Waals surface area contributed by atoms with Crippen LogP contribution in [-0.4, -0.2) is 42.5 Å². The van der Waals surface area contributed by atoms with Gasteiger partial charge in [0.15, 0.2) is 0 Å². The van der Waals surface area contributed by atoms with Crippen molar-refractivity contribution in [2.45, 2.75) is 12.8 Å². The third kappa shape index (κ3) is 4.96.